The summed E-state index contributed by atoms with van der Waals surface area (Å²) in [4.78, 5) is 11.3. The molecule has 0 radical (unpaired) electrons. The molecule has 0 spiro atoms. The maximum absolute atomic E-state index is 11.3. The van der Waals surface area contributed by atoms with Gasteiger partial charge >= 0.3 is 0 Å². The Balaban J connectivity index is 4.03. The Morgan fingerprint density at radius 3 is 2.00 bits per heavy atom. The molecule has 0 aromatic rings. The van der Waals surface area contributed by atoms with Gasteiger partial charge in [-0.2, -0.15) is 0 Å². The first-order valence-corrected chi connectivity index (χ1v) is 4.33. The molecule has 0 aromatic carbocycles. The van der Waals surface area contributed by atoms with E-state index in [1.165, 1.54) is 6.92 Å². The fraction of sp³-hybridized carbons (Fsp3) is 0.889. The summed E-state index contributed by atoms with van der Waals surface area (Å²) >= 11 is 0. The zero-order valence-corrected chi connectivity index (χ0v) is 8.50. The second-order valence-electron chi connectivity index (χ2n) is 4.41. The number of carbonyl (C=O) groups is 1. The predicted molar refractivity (Wildman–Crippen MR) is 50.2 cm³/mol. The molecule has 1 atom stereocenters. The molecule has 0 bridgehead atoms. The number of rotatable bonds is 5. The molecule has 0 saturated heterocycles. The van der Waals surface area contributed by atoms with E-state index in [0.29, 0.717) is 0 Å². The van der Waals surface area contributed by atoms with Crippen molar-refractivity contribution in [1.82, 2.24) is 0 Å². The van der Waals surface area contributed by atoms with Crippen molar-refractivity contribution in [2.45, 2.75) is 44.8 Å². The Hall–Kier alpha value is -0.450. The van der Waals surface area contributed by atoms with Crippen molar-refractivity contribution in [3.8, 4) is 0 Å². The highest BCUT2D eigenvalue weighted by Gasteiger charge is 2.26. The molecule has 0 aromatic heterocycles. The van der Waals surface area contributed by atoms with Crippen LogP contribution in [-0.2, 0) is 4.79 Å². The van der Waals surface area contributed by atoms with Crippen LogP contribution in [0.4, 0.5) is 0 Å². The van der Waals surface area contributed by atoms with Gasteiger partial charge < -0.3 is 15.9 Å². The average Bonchev–Trinajstić information content (AvgIpc) is 1.81. The van der Waals surface area contributed by atoms with Crippen molar-refractivity contribution in [2.75, 3.05) is 6.54 Å². The lowest BCUT2D eigenvalue weighted by atomic mass is 9.93. The van der Waals surface area contributed by atoms with Crippen LogP contribution >= 0.6 is 0 Å². The Morgan fingerprint density at radius 2 is 1.69 bits per heavy atom. The number of aliphatic hydroxyl groups is 2. The molecule has 0 aliphatic heterocycles. The van der Waals surface area contributed by atoms with Crippen molar-refractivity contribution in [2.24, 2.45) is 5.73 Å². The molecule has 13 heavy (non-hydrogen) atoms. The number of Topliss-reactive ketones (excluding diaryl/α,β-unsaturated/α-hetero) is 1. The zero-order valence-electron chi connectivity index (χ0n) is 8.50. The lowest BCUT2D eigenvalue weighted by Gasteiger charge is -2.22. The van der Waals surface area contributed by atoms with Crippen LogP contribution in [0.25, 0.3) is 0 Å². The normalized spacial score (nSPS) is 16.8. The molecule has 78 valence electrons. The van der Waals surface area contributed by atoms with E-state index >= 15 is 0 Å². The van der Waals surface area contributed by atoms with E-state index in [-0.39, 0.29) is 25.2 Å². The third-order valence-corrected chi connectivity index (χ3v) is 1.65. The minimum absolute atomic E-state index is 0.00646. The lowest BCUT2D eigenvalue weighted by molar-refractivity contribution is -0.126. The SMILES string of the molecule is CC(C)(O)CC(=O)CC(C)(O)CN. The number of nitrogens with two attached hydrogens (primary N) is 1. The van der Waals surface area contributed by atoms with Gasteiger partial charge in [0.25, 0.3) is 0 Å². The van der Waals surface area contributed by atoms with E-state index in [4.69, 9.17) is 5.73 Å². The molecule has 4 N–H and O–H groups in total. The monoisotopic (exact) mass is 189 g/mol. The first-order valence-electron chi connectivity index (χ1n) is 4.33. The largest absolute Gasteiger partial charge is 0.390 e. The van der Waals surface area contributed by atoms with E-state index in [2.05, 4.69) is 0 Å². The van der Waals surface area contributed by atoms with Crippen molar-refractivity contribution in [3.05, 3.63) is 0 Å². The molecule has 0 aliphatic carbocycles. The van der Waals surface area contributed by atoms with E-state index < -0.39 is 11.2 Å². The second kappa shape index (κ2) is 4.17. The third kappa shape index (κ3) is 6.69. The average molecular weight is 189 g/mol. The first-order chi connectivity index (χ1) is 5.66. The van der Waals surface area contributed by atoms with E-state index in [0.717, 1.165) is 0 Å². The first kappa shape index (κ1) is 12.6. The highest BCUT2D eigenvalue weighted by molar-refractivity contribution is 5.80. The summed E-state index contributed by atoms with van der Waals surface area (Å²) in [6, 6.07) is 0. The fourth-order valence-electron chi connectivity index (χ4n) is 1.04. The summed E-state index contributed by atoms with van der Waals surface area (Å²) in [7, 11) is 0. The van der Waals surface area contributed by atoms with E-state index in [1.807, 2.05) is 0 Å². The summed E-state index contributed by atoms with van der Waals surface area (Å²) in [5, 5.41) is 18.8. The van der Waals surface area contributed by atoms with Crippen LogP contribution in [-0.4, -0.2) is 33.7 Å². The maximum atomic E-state index is 11.3. The molecule has 4 heteroatoms. The van der Waals surface area contributed by atoms with Crippen LogP contribution in [0, 0.1) is 0 Å². The van der Waals surface area contributed by atoms with Gasteiger partial charge in [0.15, 0.2) is 0 Å². The molecule has 4 nitrogen and oxygen atoms in total. The van der Waals surface area contributed by atoms with Crippen LogP contribution in [0.2, 0.25) is 0 Å². The number of hydrogen-bond donors (Lipinski definition) is 3. The van der Waals surface area contributed by atoms with Crippen molar-refractivity contribution >= 4 is 5.78 Å². The molecular weight excluding hydrogens is 170 g/mol. The molecular formula is C9H19NO3. The molecule has 1 unspecified atom stereocenters. The van der Waals surface area contributed by atoms with Crippen LogP contribution in [0.3, 0.4) is 0 Å². The van der Waals surface area contributed by atoms with Gasteiger partial charge in [0, 0.05) is 19.4 Å². The van der Waals surface area contributed by atoms with Gasteiger partial charge in [-0.3, -0.25) is 4.79 Å². The highest BCUT2D eigenvalue weighted by atomic mass is 16.3. The Labute approximate surface area is 78.7 Å². The quantitative estimate of drug-likeness (QED) is 0.560. The zero-order chi connectivity index (χ0) is 10.7. The molecule has 0 amide bonds. The molecule has 0 rings (SSSR count). The minimum Gasteiger partial charge on any atom is -0.390 e. The van der Waals surface area contributed by atoms with Gasteiger partial charge in [0.2, 0.25) is 0 Å². The molecule has 0 aliphatic rings. The van der Waals surface area contributed by atoms with Crippen LogP contribution in [0.15, 0.2) is 0 Å². The smallest absolute Gasteiger partial charge is 0.138 e. The third-order valence-electron chi connectivity index (χ3n) is 1.65. The van der Waals surface area contributed by atoms with Crippen LogP contribution in [0.5, 0.6) is 0 Å². The molecule has 0 heterocycles. The summed E-state index contributed by atoms with van der Waals surface area (Å²) in [5.74, 6) is -0.178. The Bertz CT molecular complexity index is 182. The summed E-state index contributed by atoms with van der Waals surface area (Å²) < 4.78 is 0. The maximum Gasteiger partial charge on any atom is 0.138 e. The fourth-order valence-corrected chi connectivity index (χ4v) is 1.04. The van der Waals surface area contributed by atoms with Gasteiger partial charge in [-0.1, -0.05) is 0 Å². The molecule has 0 fully saturated rings. The Morgan fingerprint density at radius 1 is 1.23 bits per heavy atom. The topological polar surface area (TPSA) is 83.5 Å². The van der Waals surface area contributed by atoms with Crippen molar-refractivity contribution < 1.29 is 15.0 Å². The lowest BCUT2D eigenvalue weighted by Crippen LogP contribution is -2.38. The van der Waals surface area contributed by atoms with Crippen LogP contribution < -0.4 is 5.73 Å². The van der Waals surface area contributed by atoms with Crippen molar-refractivity contribution in [1.29, 1.82) is 0 Å². The number of carbonyl (C=O) groups excluding carboxylic acids is 1. The standard InChI is InChI=1S/C9H19NO3/c1-8(2,12)4-7(11)5-9(3,13)6-10/h12-13H,4-6,10H2,1-3H3. The summed E-state index contributed by atoms with van der Waals surface area (Å²) in [6.45, 7) is 4.67. The highest BCUT2D eigenvalue weighted by Crippen LogP contribution is 2.14. The summed E-state index contributed by atoms with van der Waals surface area (Å²) in [5.41, 5.74) is 3.09. The van der Waals surface area contributed by atoms with E-state index in [1.54, 1.807) is 13.8 Å². The number of ketones is 1. The van der Waals surface area contributed by atoms with Gasteiger partial charge in [0.1, 0.15) is 5.78 Å². The minimum atomic E-state index is -1.15. The van der Waals surface area contributed by atoms with Gasteiger partial charge in [-0.05, 0) is 20.8 Å². The van der Waals surface area contributed by atoms with Gasteiger partial charge in [-0.15, -0.1) is 0 Å². The van der Waals surface area contributed by atoms with Crippen LogP contribution in [0.1, 0.15) is 33.6 Å². The van der Waals surface area contributed by atoms with Gasteiger partial charge in [0.05, 0.1) is 11.2 Å². The summed E-state index contributed by atoms with van der Waals surface area (Å²) in [6.07, 6.45) is 0.0383. The predicted octanol–water partition coefficient (Wildman–Crippen LogP) is -0.184. The van der Waals surface area contributed by atoms with Crippen molar-refractivity contribution in [3.63, 3.8) is 0 Å². The van der Waals surface area contributed by atoms with E-state index in [9.17, 15) is 15.0 Å². The second-order valence-corrected chi connectivity index (χ2v) is 4.41. The Kier molecular flexibility index (Phi) is 4.03. The van der Waals surface area contributed by atoms with Gasteiger partial charge in [-0.25, -0.2) is 0 Å². The molecule has 0 saturated carbocycles. The number of hydrogen-bond acceptors (Lipinski definition) is 4.